The van der Waals surface area contributed by atoms with E-state index in [-0.39, 0.29) is 25.0 Å². The van der Waals surface area contributed by atoms with Crippen LogP contribution in [0.1, 0.15) is 28.7 Å². The van der Waals surface area contributed by atoms with Crippen molar-refractivity contribution in [3.8, 4) is 5.75 Å². The molecule has 0 heterocycles. The first kappa shape index (κ1) is 29.8. The second-order valence-electron chi connectivity index (χ2n) is 7.95. The average molecular weight is 543 g/mol. The number of phosphoric acid groups is 1. The fraction of sp³-hybridized carbons (Fsp3) is 0.364. The Balaban J connectivity index is 2.06. The van der Waals surface area contributed by atoms with E-state index < -0.39 is 55.8 Å². The second kappa shape index (κ2) is 11.8. The number of halogens is 6. The van der Waals surface area contributed by atoms with Gasteiger partial charge in [-0.25, -0.2) is 4.57 Å². The quantitative estimate of drug-likeness (QED) is 0.242. The Morgan fingerprint density at radius 2 is 1.61 bits per heavy atom. The van der Waals surface area contributed by atoms with Gasteiger partial charge in [-0.2, -0.15) is 26.3 Å². The summed E-state index contributed by atoms with van der Waals surface area (Å²) in [5.74, 6) is -0.477. The molecule has 1 unspecified atom stereocenters. The number of nitrogens with two attached hydrogens (primary N) is 1. The molecule has 2 rings (SSSR count). The monoisotopic (exact) mass is 543 g/mol. The van der Waals surface area contributed by atoms with Crippen LogP contribution in [0.25, 0.3) is 6.08 Å². The molecular formula is C22H24F6NO6P. The first-order valence-electron chi connectivity index (χ1n) is 10.3. The molecule has 0 aliphatic heterocycles. The maximum atomic E-state index is 13.6. The van der Waals surface area contributed by atoms with Crippen molar-refractivity contribution in [3.05, 3.63) is 70.8 Å². The van der Waals surface area contributed by atoms with Crippen molar-refractivity contribution in [2.24, 2.45) is 5.73 Å². The fourth-order valence-corrected chi connectivity index (χ4v) is 3.41. The zero-order chi connectivity index (χ0) is 27.2. The lowest BCUT2D eigenvalue weighted by atomic mass is 9.93. The van der Waals surface area contributed by atoms with Crippen LogP contribution < -0.4 is 10.5 Å². The Labute approximate surface area is 202 Å². The van der Waals surface area contributed by atoms with Crippen LogP contribution in [0.15, 0.2) is 48.5 Å². The molecule has 14 heteroatoms. The highest BCUT2D eigenvalue weighted by Gasteiger charge is 2.35. The lowest BCUT2D eigenvalue weighted by Crippen LogP contribution is -2.48. The minimum Gasteiger partial charge on any atom is -0.489 e. The van der Waals surface area contributed by atoms with E-state index in [0.717, 1.165) is 24.3 Å². The number of benzene rings is 2. The molecule has 0 fully saturated rings. The first-order chi connectivity index (χ1) is 16.5. The molecule has 0 radical (unpaired) electrons. The van der Waals surface area contributed by atoms with Crippen molar-refractivity contribution >= 4 is 13.9 Å². The van der Waals surface area contributed by atoms with Crippen LogP contribution >= 0.6 is 7.82 Å². The second-order valence-corrected chi connectivity index (χ2v) is 9.19. The molecule has 1 atom stereocenters. The lowest BCUT2D eigenvalue weighted by Gasteiger charge is -2.27. The Bertz CT molecular complexity index is 1080. The van der Waals surface area contributed by atoms with Crippen molar-refractivity contribution in [3.63, 3.8) is 0 Å². The van der Waals surface area contributed by atoms with Gasteiger partial charge in [0.05, 0.1) is 29.9 Å². The fourth-order valence-electron chi connectivity index (χ4n) is 2.99. The smallest absolute Gasteiger partial charge is 0.469 e. The topological polar surface area (TPSA) is 122 Å². The van der Waals surface area contributed by atoms with Crippen LogP contribution in [0.4, 0.5) is 26.3 Å². The van der Waals surface area contributed by atoms with Gasteiger partial charge < -0.3 is 25.4 Å². The Morgan fingerprint density at radius 1 is 0.972 bits per heavy atom. The van der Waals surface area contributed by atoms with Crippen LogP contribution in [-0.4, -0.2) is 40.3 Å². The first-order valence-corrected chi connectivity index (χ1v) is 11.8. The predicted octanol–water partition coefficient (Wildman–Crippen LogP) is 4.55. The summed E-state index contributed by atoms with van der Waals surface area (Å²) in [5.41, 5.74) is 2.90. The van der Waals surface area contributed by atoms with Crippen LogP contribution in [0.2, 0.25) is 0 Å². The maximum absolute atomic E-state index is 13.6. The van der Waals surface area contributed by atoms with E-state index in [2.05, 4.69) is 4.52 Å². The van der Waals surface area contributed by atoms with Gasteiger partial charge in [0, 0.05) is 0 Å². The van der Waals surface area contributed by atoms with Crippen molar-refractivity contribution < 1.29 is 55.1 Å². The SMILES string of the molecule is NC(CO)(CCc1ccc(OC/C=C/c2ccc(C(F)(F)F)cc2)c(C(F)(F)F)c1)COP(=O)(O)O. The van der Waals surface area contributed by atoms with E-state index in [1.165, 1.54) is 30.4 Å². The van der Waals surface area contributed by atoms with Gasteiger partial charge in [0.2, 0.25) is 0 Å². The zero-order valence-corrected chi connectivity index (χ0v) is 19.5. The summed E-state index contributed by atoms with van der Waals surface area (Å²) in [4.78, 5) is 17.6. The Hall–Kier alpha value is -2.41. The summed E-state index contributed by atoms with van der Waals surface area (Å²) < 4.78 is 98.9. The average Bonchev–Trinajstić information content (AvgIpc) is 2.78. The molecule has 0 spiro atoms. The number of hydrogen-bond acceptors (Lipinski definition) is 5. The highest BCUT2D eigenvalue weighted by atomic mass is 31.2. The summed E-state index contributed by atoms with van der Waals surface area (Å²) in [6, 6.07) is 7.45. The van der Waals surface area contributed by atoms with E-state index in [1.54, 1.807) is 0 Å². The van der Waals surface area contributed by atoms with Crippen LogP contribution in [0.5, 0.6) is 5.75 Å². The number of aliphatic hydroxyl groups excluding tert-OH is 1. The zero-order valence-electron chi connectivity index (χ0n) is 18.6. The lowest BCUT2D eigenvalue weighted by molar-refractivity contribution is -0.139. The molecule has 5 N–H and O–H groups in total. The van der Waals surface area contributed by atoms with E-state index in [1.807, 2.05) is 0 Å². The van der Waals surface area contributed by atoms with E-state index in [4.69, 9.17) is 20.3 Å². The summed E-state index contributed by atoms with van der Waals surface area (Å²) in [5, 5.41) is 9.43. The Kier molecular flexibility index (Phi) is 9.74. The number of alkyl halides is 6. The molecule has 2 aromatic rings. The maximum Gasteiger partial charge on any atom is 0.469 e. The third kappa shape index (κ3) is 9.57. The van der Waals surface area contributed by atoms with E-state index >= 15 is 0 Å². The molecule has 0 aliphatic carbocycles. The number of aliphatic hydroxyl groups is 1. The van der Waals surface area contributed by atoms with Crippen molar-refractivity contribution in [2.75, 3.05) is 19.8 Å². The predicted molar refractivity (Wildman–Crippen MR) is 118 cm³/mol. The standard InChI is InChI=1S/C22H24F6NO6P/c23-21(24,25)17-6-3-15(4-7-17)2-1-11-34-19-8-5-16(12-18(19)22(26,27)28)9-10-20(29,13-30)14-35-36(31,32)33/h1-8,12,30H,9-11,13-14,29H2,(H2,31,32,33)/b2-1+. The highest BCUT2D eigenvalue weighted by Crippen LogP contribution is 2.38. The van der Waals surface area contributed by atoms with Gasteiger partial charge in [-0.15, -0.1) is 0 Å². The molecular weight excluding hydrogens is 519 g/mol. The minimum absolute atomic E-state index is 0.0707. The number of ether oxygens (including phenoxy) is 1. The summed E-state index contributed by atoms with van der Waals surface area (Å²) in [6.07, 6.45) is -6.72. The van der Waals surface area contributed by atoms with Gasteiger partial charge in [-0.1, -0.05) is 24.3 Å². The van der Waals surface area contributed by atoms with E-state index in [0.29, 0.717) is 5.56 Å². The van der Waals surface area contributed by atoms with Crippen LogP contribution in [-0.2, 0) is 27.9 Å². The molecule has 0 bridgehead atoms. The third-order valence-electron chi connectivity index (χ3n) is 4.98. The summed E-state index contributed by atoms with van der Waals surface area (Å²) in [7, 11) is -4.86. The summed E-state index contributed by atoms with van der Waals surface area (Å²) >= 11 is 0. The molecule has 200 valence electrons. The highest BCUT2D eigenvalue weighted by molar-refractivity contribution is 7.46. The van der Waals surface area contributed by atoms with E-state index in [9.17, 15) is 36.0 Å². The summed E-state index contributed by atoms with van der Waals surface area (Å²) in [6.45, 7) is -1.74. The van der Waals surface area contributed by atoms with Crippen LogP contribution in [0, 0.1) is 0 Å². The van der Waals surface area contributed by atoms with Crippen molar-refractivity contribution in [2.45, 2.75) is 30.7 Å². The van der Waals surface area contributed by atoms with Crippen molar-refractivity contribution in [1.29, 1.82) is 0 Å². The third-order valence-corrected chi connectivity index (χ3v) is 5.44. The van der Waals surface area contributed by atoms with Crippen molar-refractivity contribution in [1.82, 2.24) is 0 Å². The number of hydrogen-bond donors (Lipinski definition) is 4. The molecule has 0 aromatic heterocycles. The van der Waals surface area contributed by atoms with Crippen LogP contribution in [0.3, 0.4) is 0 Å². The molecule has 0 aliphatic rings. The van der Waals surface area contributed by atoms with Gasteiger partial charge in [-0.3, -0.25) is 4.52 Å². The molecule has 0 amide bonds. The Morgan fingerprint density at radius 3 is 2.14 bits per heavy atom. The molecule has 36 heavy (non-hydrogen) atoms. The molecule has 0 saturated carbocycles. The van der Waals surface area contributed by atoms with Gasteiger partial charge in [0.15, 0.2) is 0 Å². The molecule has 0 saturated heterocycles. The minimum atomic E-state index is -4.86. The largest absolute Gasteiger partial charge is 0.489 e. The van der Waals surface area contributed by atoms with Gasteiger partial charge in [0.25, 0.3) is 0 Å². The molecule has 2 aromatic carbocycles. The normalized spacial score (nSPS) is 14.7. The van der Waals surface area contributed by atoms with Gasteiger partial charge in [0.1, 0.15) is 12.4 Å². The van der Waals surface area contributed by atoms with Gasteiger partial charge >= 0.3 is 20.2 Å². The molecule has 7 nitrogen and oxygen atoms in total. The number of rotatable bonds is 11. The van der Waals surface area contributed by atoms with Gasteiger partial charge in [-0.05, 0) is 54.3 Å². The number of aryl methyl sites for hydroxylation is 1. The number of phosphoric ester groups is 1.